The average molecular weight is 265 g/mol. The molecular formula is C14H23N3O2. The lowest BCUT2D eigenvalue weighted by molar-refractivity contribution is -0.119. The van der Waals surface area contributed by atoms with Crippen molar-refractivity contribution in [1.82, 2.24) is 5.32 Å². The Labute approximate surface area is 114 Å². The molecule has 1 aromatic carbocycles. The molecule has 0 unspecified atom stereocenters. The van der Waals surface area contributed by atoms with Gasteiger partial charge in [-0.15, -0.1) is 0 Å². The second-order valence-electron chi connectivity index (χ2n) is 4.22. The summed E-state index contributed by atoms with van der Waals surface area (Å²) >= 11 is 0. The lowest BCUT2D eigenvalue weighted by Crippen LogP contribution is -2.35. The number of hydrogen-bond acceptors (Lipinski definition) is 4. The van der Waals surface area contributed by atoms with Crippen LogP contribution < -0.4 is 20.7 Å². The monoisotopic (exact) mass is 265 g/mol. The number of amides is 1. The van der Waals surface area contributed by atoms with Crippen molar-refractivity contribution < 1.29 is 9.53 Å². The molecule has 0 aliphatic carbocycles. The third kappa shape index (κ3) is 4.05. The van der Waals surface area contributed by atoms with E-state index in [1.54, 1.807) is 7.05 Å². The summed E-state index contributed by atoms with van der Waals surface area (Å²) in [4.78, 5) is 13.4. The molecule has 0 atom stereocenters. The number of nitrogens with one attached hydrogen (secondary N) is 1. The summed E-state index contributed by atoms with van der Waals surface area (Å²) in [6.07, 6.45) is 0.930. The van der Waals surface area contributed by atoms with E-state index in [9.17, 15) is 4.79 Å². The molecule has 0 radical (unpaired) electrons. The summed E-state index contributed by atoms with van der Waals surface area (Å²) in [5.41, 5.74) is 7.54. The zero-order valence-electron chi connectivity index (χ0n) is 11.9. The van der Waals surface area contributed by atoms with Crippen molar-refractivity contribution in [2.45, 2.75) is 20.3 Å². The van der Waals surface area contributed by atoms with Gasteiger partial charge in [-0.1, -0.05) is 13.0 Å². The predicted octanol–water partition coefficient (Wildman–Crippen LogP) is 1.63. The lowest BCUT2D eigenvalue weighted by atomic mass is 10.2. The highest BCUT2D eigenvalue weighted by atomic mass is 16.5. The number of carbonyl (C=O) groups excluding carboxylic acids is 1. The van der Waals surface area contributed by atoms with Gasteiger partial charge in [0.25, 0.3) is 0 Å². The van der Waals surface area contributed by atoms with Gasteiger partial charge in [-0.2, -0.15) is 0 Å². The van der Waals surface area contributed by atoms with Gasteiger partial charge in [-0.05, 0) is 25.5 Å². The Bertz CT molecular complexity index is 421. The molecule has 19 heavy (non-hydrogen) atoms. The summed E-state index contributed by atoms with van der Waals surface area (Å²) in [6, 6.07) is 5.64. The third-order valence-corrected chi connectivity index (χ3v) is 2.84. The fraction of sp³-hybridized carbons (Fsp3) is 0.500. The molecule has 0 aromatic heterocycles. The second kappa shape index (κ2) is 7.51. The fourth-order valence-corrected chi connectivity index (χ4v) is 1.77. The number of carbonyl (C=O) groups is 1. The number of anilines is 2. The maximum absolute atomic E-state index is 11.5. The van der Waals surface area contributed by atoms with E-state index >= 15 is 0 Å². The highest BCUT2D eigenvalue weighted by Gasteiger charge is 2.14. The van der Waals surface area contributed by atoms with Crippen molar-refractivity contribution in [3.05, 3.63) is 18.2 Å². The second-order valence-corrected chi connectivity index (χ2v) is 4.22. The molecule has 0 spiro atoms. The number of hydrogen-bond donors (Lipinski definition) is 2. The van der Waals surface area contributed by atoms with Crippen molar-refractivity contribution in [3.8, 4) is 5.75 Å². The highest BCUT2D eigenvalue weighted by molar-refractivity contribution is 5.84. The maximum Gasteiger partial charge on any atom is 0.239 e. The fourth-order valence-electron chi connectivity index (χ4n) is 1.77. The van der Waals surface area contributed by atoms with E-state index in [2.05, 4.69) is 5.32 Å². The Morgan fingerprint density at radius 3 is 2.74 bits per heavy atom. The molecule has 1 rings (SSSR count). The Balaban J connectivity index is 2.94. The summed E-state index contributed by atoms with van der Waals surface area (Å²) in [6.45, 7) is 5.66. The summed E-state index contributed by atoms with van der Waals surface area (Å²) < 4.78 is 5.60. The van der Waals surface area contributed by atoms with Crippen molar-refractivity contribution in [3.63, 3.8) is 0 Å². The largest absolute Gasteiger partial charge is 0.491 e. The predicted molar refractivity (Wildman–Crippen MR) is 78.6 cm³/mol. The van der Waals surface area contributed by atoms with Crippen molar-refractivity contribution in [2.24, 2.45) is 0 Å². The molecule has 3 N–H and O–H groups in total. The van der Waals surface area contributed by atoms with Crippen LogP contribution >= 0.6 is 0 Å². The molecular weight excluding hydrogens is 242 g/mol. The van der Waals surface area contributed by atoms with E-state index in [1.807, 2.05) is 36.9 Å². The van der Waals surface area contributed by atoms with Crippen molar-refractivity contribution in [2.75, 3.05) is 37.4 Å². The minimum Gasteiger partial charge on any atom is -0.491 e. The Hall–Kier alpha value is -1.91. The number of para-hydroxylation sites is 1. The van der Waals surface area contributed by atoms with Crippen LogP contribution in [0.3, 0.4) is 0 Å². The van der Waals surface area contributed by atoms with Crippen LogP contribution in [-0.2, 0) is 4.79 Å². The van der Waals surface area contributed by atoms with E-state index in [0.29, 0.717) is 24.6 Å². The van der Waals surface area contributed by atoms with Crippen LogP contribution in [-0.4, -0.2) is 32.7 Å². The minimum atomic E-state index is -0.0406. The molecule has 0 saturated carbocycles. The summed E-state index contributed by atoms with van der Waals surface area (Å²) in [7, 11) is 1.63. The molecule has 0 heterocycles. The molecule has 5 heteroatoms. The van der Waals surface area contributed by atoms with Gasteiger partial charge in [0.1, 0.15) is 5.75 Å². The van der Waals surface area contributed by atoms with Crippen LogP contribution in [0.4, 0.5) is 11.4 Å². The number of rotatable bonds is 7. The van der Waals surface area contributed by atoms with E-state index in [-0.39, 0.29) is 12.5 Å². The van der Waals surface area contributed by atoms with Crippen LogP contribution in [0.25, 0.3) is 0 Å². The van der Waals surface area contributed by atoms with E-state index in [1.165, 1.54) is 0 Å². The van der Waals surface area contributed by atoms with Gasteiger partial charge in [-0.3, -0.25) is 4.79 Å². The van der Waals surface area contributed by atoms with Crippen LogP contribution in [0.15, 0.2) is 18.2 Å². The topological polar surface area (TPSA) is 67.6 Å². The van der Waals surface area contributed by atoms with Gasteiger partial charge < -0.3 is 20.7 Å². The van der Waals surface area contributed by atoms with Crippen LogP contribution in [0.1, 0.15) is 20.3 Å². The number of nitrogens with zero attached hydrogens (tertiary/aromatic N) is 1. The maximum atomic E-state index is 11.5. The van der Waals surface area contributed by atoms with Gasteiger partial charge in [0.05, 0.1) is 24.5 Å². The lowest BCUT2D eigenvalue weighted by Gasteiger charge is -2.24. The van der Waals surface area contributed by atoms with Crippen molar-refractivity contribution >= 4 is 17.3 Å². The standard InChI is InChI=1S/C14H23N3O2/c1-4-9-19-12-8-6-7-11(14(12)15)17(5-2)10-13(18)16-3/h6-8H,4-5,9-10,15H2,1-3H3,(H,16,18). The molecule has 0 fully saturated rings. The quantitative estimate of drug-likeness (QED) is 0.735. The zero-order valence-corrected chi connectivity index (χ0v) is 11.9. The number of nitrogens with two attached hydrogens (primary N) is 1. The average Bonchev–Trinajstić information content (AvgIpc) is 2.43. The van der Waals surface area contributed by atoms with E-state index < -0.39 is 0 Å². The zero-order chi connectivity index (χ0) is 14.3. The van der Waals surface area contributed by atoms with Gasteiger partial charge >= 0.3 is 0 Å². The molecule has 106 valence electrons. The molecule has 1 aromatic rings. The number of ether oxygens (including phenoxy) is 1. The summed E-state index contributed by atoms with van der Waals surface area (Å²) in [5.74, 6) is 0.635. The first-order chi connectivity index (χ1) is 9.13. The first-order valence-electron chi connectivity index (χ1n) is 6.60. The first-order valence-corrected chi connectivity index (χ1v) is 6.60. The Kier molecular flexibility index (Phi) is 5.99. The van der Waals surface area contributed by atoms with Crippen LogP contribution in [0.2, 0.25) is 0 Å². The van der Waals surface area contributed by atoms with Crippen LogP contribution in [0.5, 0.6) is 5.75 Å². The molecule has 0 aliphatic rings. The van der Waals surface area contributed by atoms with Gasteiger partial charge in [0.15, 0.2) is 0 Å². The highest BCUT2D eigenvalue weighted by Crippen LogP contribution is 2.32. The Morgan fingerprint density at radius 1 is 1.42 bits per heavy atom. The van der Waals surface area contributed by atoms with E-state index in [4.69, 9.17) is 10.5 Å². The third-order valence-electron chi connectivity index (χ3n) is 2.84. The van der Waals surface area contributed by atoms with Gasteiger partial charge in [-0.25, -0.2) is 0 Å². The molecule has 0 aliphatic heterocycles. The van der Waals surface area contributed by atoms with Gasteiger partial charge in [0, 0.05) is 13.6 Å². The van der Waals surface area contributed by atoms with Crippen LogP contribution in [0, 0.1) is 0 Å². The molecule has 0 saturated heterocycles. The summed E-state index contributed by atoms with van der Waals surface area (Å²) in [5, 5.41) is 2.62. The SMILES string of the molecule is CCCOc1cccc(N(CC)CC(=O)NC)c1N. The smallest absolute Gasteiger partial charge is 0.239 e. The Morgan fingerprint density at radius 2 is 2.16 bits per heavy atom. The minimum absolute atomic E-state index is 0.0406. The normalized spacial score (nSPS) is 10.1. The molecule has 5 nitrogen and oxygen atoms in total. The van der Waals surface area contributed by atoms with Gasteiger partial charge in [0.2, 0.25) is 5.91 Å². The number of nitrogen functional groups attached to an aromatic ring is 1. The number of likely N-dealkylation sites (N-methyl/N-ethyl adjacent to an activating group) is 2. The first kappa shape index (κ1) is 15.1. The van der Waals surface area contributed by atoms with E-state index in [0.717, 1.165) is 12.1 Å². The van der Waals surface area contributed by atoms with Crippen molar-refractivity contribution in [1.29, 1.82) is 0 Å². The molecule has 1 amide bonds. The molecule has 0 bridgehead atoms. The number of benzene rings is 1.